The van der Waals surface area contributed by atoms with Crippen LogP contribution < -0.4 is 10.6 Å². The second kappa shape index (κ2) is 3.91. The molecule has 0 aliphatic carbocycles. The van der Waals surface area contributed by atoms with Crippen LogP contribution in [0.5, 0.6) is 0 Å². The summed E-state index contributed by atoms with van der Waals surface area (Å²) in [6, 6.07) is 4.48. The van der Waals surface area contributed by atoms with E-state index in [1.807, 2.05) is 0 Å². The normalized spacial score (nSPS) is 14.6. The molecule has 0 fully saturated rings. The number of nitrogens with two attached hydrogens (primary N) is 1. The minimum absolute atomic E-state index is 0.723. The number of halogens is 1. The summed E-state index contributed by atoms with van der Waals surface area (Å²) in [5.74, 6) is 0. The van der Waals surface area contributed by atoms with E-state index in [1.54, 1.807) is 0 Å². The standard InChI is InChI=1S/C11H15BrN2/c1-14-5-3-9-6-8(2-4-13)7-10(12)11(9)14/h6-7H,2-5,13H2,1H3. The second-order valence-corrected chi connectivity index (χ2v) is 4.65. The largest absolute Gasteiger partial charge is 0.373 e. The Labute approximate surface area is 93.2 Å². The molecule has 1 heterocycles. The van der Waals surface area contributed by atoms with Crippen molar-refractivity contribution in [3.63, 3.8) is 0 Å². The molecule has 3 heteroatoms. The Morgan fingerprint density at radius 2 is 2.29 bits per heavy atom. The zero-order valence-corrected chi connectivity index (χ0v) is 9.97. The van der Waals surface area contributed by atoms with Gasteiger partial charge in [0.05, 0.1) is 5.69 Å². The van der Waals surface area contributed by atoms with Crippen molar-refractivity contribution in [2.24, 2.45) is 5.73 Å². The highest BCUT2D eigenvalue weighted by Gasteiger charge is 2.18. The van der Waals surface area contributed by atoms with E-state index >= 15 is 0 Å². The molecule has 0 unspecified atom stereocenters. The molecule has 1 aromatic carbocycles. The third-order valence-electron chi connectivity index (χ3n) is 2.73. The van der Waals surface area contributed by atoms with Crippen molar-refractivity contribution >= 4 is 21.6 Å². The molecule has 2 rings (SSSR count). The minimum atomic E-state index is 0.723. The molecule has 0 aromatic heterocycles. The van der Waals surface area contributed by atoms with Gasteiger partial charge in [0.1, 0.15) is 0 Å². The number of hydrogen-bond donors (Lipinski definition) is 1. The van der Waals surface area contributed by atoms with E-state index in [1.165, 1.54) is 21.3 Å². The van der Waals surface area contributed by atoms with Gasteiger partial charge in [-0.15, -0.1) is 0 Å². The van der Waals surface area contributed by atoms with E-state index < -0.39 is 0 Å². The van der Waals surface area contributed by atoms with Gasteiger partial charge >= 0.3 is 0 Å². The Bertz CT molecular complexity index is 349. The van der Waals surface area contributed by atoms with Gasteiger partial charge in [-0.1, -0.05) is 6.07 Å². The van der Waals surface area contributed by atoms with E-state index in [2.05, 4.69) is 40.0 Å². The van der Waals surface area contributed by atoms with Gasteiger partial charge < -0.3 is 10.6 Å². The summed E-state index contributed by atoms with van der Waals surface area (Å²) in [5.41, 5.74) is 9.70. The van der Waals surface area contributed by atoms with E-state index in [0.717, 1.165) is 25.9 Å². The molecule has 1 aromatic rings. The van der Waals surface area contributed by atoms with Gasteiger partial charge in [0.2, 0.25) is 0 Å². The Morgan fingerprint density at radius 1 is 1.50 bits per heavy atom. The number of hydrogen-bond acceptors (Lipinski definition) is 2. The first kappa shape index (κ1) is 9.99. The Balaban J connectivity index is 2.41. The molecular formula is C11H15BrN2. The van der Waals surface area contributed by atoms with Crippen LogP contribution in [0.15, 0.2) is 16.6 Å². The molecule has 0 atom stereocenters. The predicted octanol–water partition coefficient (Wildman–Crippen LogP) is 1.94. The number of nitrogens with zero attached hydrogens (tertiary/aromatic N) is 1. The average Bonchev–Trinajstić information content (AvgIpc) is 2.48. The van der Waals surface area contributed by atoms with Crippen LogP contribution in [0.4, 0.5) is 5.69 Å². The maximum absolute atomic E-state index is 5.56. The van der Waals surface area contributed by atoms with Crippen molar-refractivity contribution in [3.05, 3.63) is 27.7 Å². The minimum Gasteiger partial charge on any atom is -0.373 e. The van der Waals surface area contributed by atoms with Gasteiger partial charge in [-0.2, -0.15) is 0 Å². The SMILES string of the molecule is CN1CCc2cc(CCN)cc(Br)c21. The predicted molar refractivity (Wildman–Crippen MR) is 63.9 cm³/mol. The quantitative estimate of drug-likeness (QED) is 0.875. The van der Waals surface area contributed by atoms with Gasteiger partial charge in [0, 0.05) is 18.1 Å². The van der Waals surface area contributed by atoms with Crippen LogP contribution in [0.3, 0.4) is 0 Å². The molecule has 76 valence electrons. The summed E-state index contributed by atoms with van der Waals surface area (Å²) in [6.07, 6.45) is 2.12. The van der Waals surface area contributed by atoms with E-state index in [-0.39, 0.29) is 0 Å². The first-order valence-electron chi connectivity index (χ1n) is 4.95. The van der Waals surface area contributed by atoms with Crippen molar-refractivity contribution in [2.45, 2.75) is 12.8 Å². The number of benzene rings is 1. The van der Waals surface area contributed by atoms with E-state index in [0.29, 0.717) is 0 Å². The summed E-state index contributed by atoms with van der Waals surface area (Å²) in [6.45, 7) is 1.85. The van der Waals surface area contributed by atoms with Crippen molar-refractivity contribution in [1.29, 1.82) is 0 Å². The lowest BCUT2D eigenvalue weighted by Gasteiger charge is -2.14. The monoisotopic (exact) mass is 254 g/mol. The van der Waals surface area contributed by atoms with E-state index in [9.17, 15) is 0 Å². The van der Waals surface area contributed by atoms with Gasteiger partial charge in [0.25, 0.3) is 0 Å². The fourth-order valence-corrected chi connectivity index (χ4v) is 2.90. The summed E-state index contributed by atoms with van der Waals surface area (Å²) in [5, 5.41) is 0. The Kier molecular flexibility index (Phi) is 2.79. The number of fused-ring (bicyclic) bond motifs is 1. The first-order chi connectivity index (χ1) is 6.72. The van der Waals surface area contributed by atoms with Crippen LogP contribution in [0, 0.1) is 0 Å². The summed E-state index contributed by atoms with van der Waals surface area (Å²) in [7, 11) is 2.14. The van der Waals surface area contributed by atoms with Crippen molar-refractivity contribution in [2.75, 3.05) is 25.0 Å². The van der Waals surface area contributed by atoms with Crippen molar-refractivity contribution < 1.29 is 0 Å². The first-order valence-corrected chi connectivity index (χ1v) is 5.74. The van der Waals surface area contributed by atoms with Crippen LogP contribution in [0.25, 0.3) is 0 Å². The Morgan fingerprint density at radius 3 is 3.00 bits per heavy atom. The van der Waals surface area contributed by atoms with Crippen LogP contribution in [0.2, 0.25) is 0 Å². The second-order valence-electron chi connectivity index (χ2n) is 3.80. The maximum atomic E-state index is 5.56. The smallest absolute Gasteiger partial charge is 0.0541 e. The Hall–Kier alpha value is -0.540. The van der Waals surface area contributed by atoms with Crippen LogP contribution in [-0.4, -0.2) is 20.1 Å². The topological polar surface area (TPSA) is 29.3 Å². The lowest BCUT2D eigenvalue weighted by Crippen LogP contribution is -2.13. The van der Waals surface area contributed by atoms with Crippen LogP contribution in [0.1, 0.15) is 11.1 Å². The summed E-state index contributed by atoms with van der Waals surface area (Å²) >= 11 is 3.63. The maximum Gasteiger partial charge on any atom is 0.0541 e. The van der Waals surface area contributed by atoms with Crippen LogP contribution >= 0.6 is 15.9 Å². The molecule has 0 spiro atoms. The number of rotatable bonds is 2. The molecule has 2 nitrogen and oxygen atoms in total. The highest BCUT2D eigenvalue weighted by molar-refractivity contribution is 9.10. The zero-order chi connectivity index (χ0) is 10.1. The zero-order valence-electron chi connectivity index (χ0n) is 8.39. The third-order valence-corrected chi connectivity index (χ3v) is 3.34. The summed E-state index contributed by atoms with van der Waals surface area (Å²) < 4.78 is 1.21. The third kappa shape index (κ3) is 1.66. The molecule has 1 aliphatic rings. The van der Waals surface area contributed by atoms with Crippen molar-refractivity contribution in [1.82, 2.24) is 0 Å². The van der Waals surface area contributed by atoms with Crippen molar-refractivity contribution in [3.8, 4) is 0 Å². The lowest BCUT2D eigenvalue weighted by molar-refractivity contribution is 0.951. The van der Waals surface area contributed by atoms with Gasteiger partial charge in [-0.3, -0.25) is 0 Å². The highest BCUT2D eigenvalue weighted by Crippen LogP contribution is 2.35. The molecule has 14 heavy (non-hydrogen) atoms. The molecule has 0 saturated heterocycles. The molecule has 0 saturated carbocycles. The average molecular weight is 255 g/mol. The number of likely N-dealkylation sites (N-methyl/N-ethyl adjacent to an activating group) is 1. The molecule has 2 N–H and O–H groups in total. The molecule has 0 amide bonds. The fourth-order valence-electron chi connectivity index (χ4n) is 2.05. The molecular weight excluding hydrogens is 240 g/mol. The number of anilines is 1. The van der Waals surface area contributed by atoms with Gasteiger partial charge in [-0.25, -0.2) is 0 Å². The molecule has 0 radical (unpaired) electrons. The fraction of sp³-hybridized carbons (Fsp3) is 0.455. The van der Waals surface area contributed by atoms with Gasteiger partial charge in [0.15, 0.2) is 0 Å². The van der Waals surface area contributed by atoms with Gasteiger partial charge in [-0.05, 0) is 52.5 Å². The molecule has 1 aliphatic heterocycles. The van der Waals surface area contributed by atoms with Crippen LogP contribution in [-0.2, 0) is 12.8 Å². The lowest BCUT2D eigenvalue weighted by atomic mass is 10.1. The highest BCUT2D eigenvalue weighted by atomic mass is 79.9. The van der Waals surface area contributed by atoms with E-state index in [4.69, 9.17) is 5.73 Å². The molecule has 0 bridgehead atoms. The summed E-state index contributed by atoms with van der Waals surface area (Å²) in [4.78, 5) is 2.30.